The summed E-state index contributed by atoms with van der Waals surface area (Å²) in [6.07, 6.45) is 2.42. The molecule has 0 bridgehead atoms. The van der Waals surface area contributed by atoms with E-state index >= 15 is 0 Å². The minimum atomic E-state index is 0.493. The van der Waals surface area contributed by atoms with Gasteiger partial charge in [0.05, 0.1) is 6.73 Å². The van der Waals surface area contributed by atoms with Crippen LogP contribution < -0.4 is 10.6 Å². The Morgan fingerprint density at radius 3 is 2.35 bits per heavy atom. The summed E-state index contributed by atoms with van der Waals surface area (Å²) in [4.78, 5) is 7.38. The first-order valence-electron chi connectivity index (χ1n) is 10.5. The van der Waals surface area contributed by atoms with E-state index in [4.69, 9.17) is 4.74 Å². The van der Waals surface area contributed by atoms with Crippen molar-refractivity contribution in [2.75, 3.05) is 80.3 Å². The molecule has 3 unspecified atom stereocenters. The van der Waals surface area contributed by atoms with Gasteiger partial charge < -0.3 is 25.2 Å². The van der Waals surface area contributed by atoms with E-state index in [2.05, 4.69) is 60.2 Å². The highest BCUT2D eigenvalue weighted by atomic mass is 16.5. The zero-order chi connectivity index (χ0) is 19.4. The maximum Gasteiger partial charge on any atom is 0.0989 e. The molecule has 1 fully saturated rings. The van der Waals surface area contributed by atoms with Crippen molar-refractivity contribution < 1.29 is 4.74 Å². The fourth-order valence-corrected chi connectivity index (χ4v) is 3.49. The fourth-order valence-electron chi connectivity index (χ4n) is 3.49. The van der Waals surface area contributed by atoms with Crippen molar-refractivity contribution in [1.29, 1.82) is 0 Å². The van der Waals surface area contributed by atoms with Crippen molar-refractivity contribution in [1.82, 2.24) is 25.3 Å². The molecule has 1 heterocycles. The Hall–Kier alpha value is -0.240. The third-order valence-corrected chi connectivity index (χ3v) is 5.62. The minimum absolute atomic E-state index is 0.493. The average molecular weight is 372 g/mol. The van der Waals surface area contributed by atoms with E-state index in [1.165, 1.54) is 12.8 Å². The molecular formula is C20H45N5O. The van der Waals surface area contributed by atoms with Crippen molar-refractivity contribution in [2.45, 2.75) is 45.7 Å². The average Bonchev–Trinajstić information content (AvgIpc) is 2.60. The van der Waals surface area contributed by atoms with Gasteiger partial charge in [-0.15, -0.1) is 0 Å². The van der Waals surface area contributed by atoms with Gasteiger partial charge in [0, 0.05) is 58.5 Å². The van der Waals surface area contributed by atoms with Crippen LogP contribution in [0.5, 0.6) is 0 Å². The molecule has 1 saturated heterocycles. The van der Waals surface area contributed by atoms with Gasteiger partial charge in [-0.2, -0.15) is 0 Å². The van der Waals surface area contributed by atoms with E-state index in [-0.39, 0.29) is 0 Å². The maximum atomic E-state index is 5.45. The molecule has 6 heteroatoms. The number of nitrogens with zero attached hydrogens (tertiary/aromatic N) is 3. The molecule has 0 spiro atoms. The van der Waals surface area contributed by atoms with Crippen LogP contribution in [0.15, 0.2) is 0 Å². The Labute approximate surface area is 162 Å². The molecule has 1 aliphatic heterocycles. The molecule has 156 valence electrons. The largest absolute Gasteiger partial charge is 0.369 e. The summed E-state index contributed by atoms with van der Waals surface area (Å²) in [5, 5.41) is 7.25. The highest BCUT2D eigenvalue weighted by Crippen LogP contribution is 2.10. The van der Waals surface area contributed by atoms with E-state index in [0.29, 0.717) is 24.7 Å². The third kappa shape index (κ3) is 10.2. The highest BCUT2D eigenvalue weighted by Gasteiger charge is 2.17. The summed E-state index contributed by atoms with van der Waals surface area (Å²) < 4.78 is 5.45. The highest BCUT2D eigenvalue weighted by molar-refractivity contribution is 4.73. The van der Waals surface area contributed by atoms with Gasteiger partial charge in [0.2, 0.25) is 0 Å². The first-order valence-corrected chi connectivity index (χ1v) is 10.5. The van der Waals surface area contributed by atoms with Crippen LogP contribution in [0.25, 0.3) is 0 Å². The van der Waals surface area contributed by atoms with Gasteiger partial charge in [-0.1, -0.05) is 6.92 Å². The first kappa shape index (κ1) is 23.8. The third-order valence-electron chi connectivity index (χ3n) is 5.62. The zero-order valence-electron chi connectivity index (χ0n) is 18.3. The second-order valence-electron chi connectivity index (χ2n) is 8.33. The van der Waals surface area contributed by atoms with Gasteiger partial charge in [0.1, 0.15) is 0 Å². The molecule has 1 aliphatic rings. The van der Waals surface area contributed by atoms with Crippen molar-refractivity contribution >= 4 is 0 Å². The zero-order valence-corrected chi connectivity index (χ0v) is 18.3. The van der Waals surface area contributed by atoms with E-state index < -0.39 is 0 Å². The molecule has 6 nitrogen and oxygen atoms in total. The van der Waals surface area contributed by atoms with Gasteiger partial charge in [-0.3, -0.25) is 4.90 Å². The molecule has 26 heavy (non-hydrogen) atoms. The Morgan fingerprint density at radius 2 is 1.62 bits per heavy atom. The molecular weight excluding hydrogens is 326 g/mol. The van der Waals surface area contributed by atoms with Crippen molar-refractivity contribution in [3.63, 3.8) is 0 Å². The summed E-state index contributed by atoms with van der Waals surface area (Å²) in [7, 11) is 6.28. The minimum Gasteiger partial charge on any atom is -0.369 e. The second kappa shape index (κ2) is 13.9. The number of rotatable bonds is 2. The van der Waals surface area contributed by atoms with E-state index in [0.717, 1.165) is 52.4 Å². The molecule has 3 atom stereocenters. The summed E-state index contributed by atoms with van der Waals surface area (Å²) in [6.45, 7) is 16.5. The lowest BCUT2D eigenvalue weighted by molar-refractivity contribution is 0.0331. The van der Waals surface area contributed by atoms with Crippen LogP contribution in [0.4, 0.5) is 0 Å². The Morgan fingerprint density at radius 1 is 0.923 bits per heavy atom. The second-order valence-corrected chi connectivity index (χ2v) is 8.33. The monoisotopic (exact) mass is 371 g/mol. The number of likely N-dealkylation sites (N-methyl/N-ethyl adjacent to an activating group) is 2. The van der Waals surface area contributed by atoms with Gasteiger partial charge in [-0.25, -0.2) is 0 Å². The molecule has 0 saturated carbocycles. The van der Waals surface area contributed by atoms with Crippen LogP contribution in [0.1, 0.15) is 33.6 Å². The molecule has 0 aliphatic carbocycles. The quantitative estimate of drug-likeness (QED) is 0.759. The van der Waals surface area contributed by atoms with Crippen molar-refractivity contribution in [3.8, 4) is 0 Å². The first-order chi connectivity index (χ1) is 12.4. The van der Waals surface area contributed by atoms with Crippen molar-refractivity contribution in [3.05, 3.63) is 0 Å². The van der Waals surface area contributed by atoms with Gasteiger partial charge >= 0.3 is 0 Å². The van der Waals surface area contributed by atoms with Gasteiger partial charge in [0.25, 0.3) is 0 Å². The lowest BCUT2D eigenvalue weighted by Crippen LogP contribution is -2.45. The summed E-state index contributed by atoms with van der Waals surface area (Å²) >= 11 is 0. The van der Waals surface area contributed by atoms with Crippen molar-refractivity contribution in [2.24, 2.45) is 5.92 Å². The van der Waals surface area contributed by atoms with Gasteiger partial charge in [0.15, 0.2) is 0 Å². The summed E-state index contributed by atoms with van der Waals surface area (Å²) in [5.41, 5.74) is 0. The van der Waals surface area contributed by atoms with E-state index in [1.54, 1.807) is 7.11 Å². The Kier molecular flexibility index (Phi) is 12.7. The van der Waals surface area contributed by atoms with Crippen LogP contribution in [0.3, 0.4) is 0 Å². The Balaban J connectivity index is 2.59. The molecule has 0 radical (unpaired) electrons. The number of ether oxygens (including phenoxy) is 1. The number of hydrogen-bond acceptors (Lipinski definition) is 6. The lowest BCUT2D eigenvalue weighted by atomic mass is 10.1. The molecule has 0 aromatic rings. The van der Waals surface area contributed by atoms with Crippen LogP contribution in [0.2, 0.25) is 0 Å². The summed E-state index contributed by atoms with van der Waals surface area (Å²) in [5.74, 6) is 0.689. The number of methoxy groups -OCH3 is 1. The molecule has 2 N–H and O–H groups in total. The standard InChI is InChI=1S/C20H45N5O/c1-18-8-12-25(17-26-6)20(3)15-22-10-13-23(4)11-7-9-21-14-19(2)24(5)16-18/h18-22H,7-17H2,1-6H3. The predicted molar refractivity (Wildman–Crippen MR) is 112 cm³/mol. The van der Waals surface area contributed by atoms with Crippen LogP contribution in [-0.4, -0.2) is 107 Å². The predicted octanol–water partition coefficient (Wildman–Crippen LogP) is 1.14. The Bertz CT molecular complexity index is 344. The van der Waals surface area contributed by atoms with E-state index in [1.807, 2.05) is 0 Å². The number of hydrogen-bond donors (Lipinski definition) is 2. The van der Waals surface area contributed by atoms with Crippen LogP contribution in [-0.2, 0) is 4.74 Å². The topological polar surface area (TPSA) is 43.0 Å². The maximum absolute atomic E-state index is 5.45. The van der Waals surface area contributed by atoms with Gasteiger partial charge in [-0.05, 0) is 59.8 Å². The summed E-state index contributed by atoms with van der Waals surface area (Å²) in [6, 6.07) is 1.07. The molecule has 0 amide bonds. The van der Waals surface area contributed by atoms with Crippen LogP contribution >= 0.6 is 0 Å². The SMILES string of the molecule is COCN1CCC(C)CN(C)C(C)CNCCCN(C)CCNCC1C. The van der Waals surface area contributed by atoms with E-state index in [9.17, 15) is 0 Å². The molecule has 0 aromatic heterocycles. The molecule has 1 rings (SSSR count). The lowest BCUT2D eigenvalue weighted by Gasteiger charge is -2.32. The smallest absolute Gasteiger partial charge is 0.0989 e. The van der Waals surface area contributed by atoms with Crippen LogP contribution in [0, 0.1) is 5.92 Å². The normalized spacial score (nSPS) is 31.4. The number of nitrogens with one attached hydrogen (secondary N) is 2. The fraction of sp³-hybridized carbons (Fsp3) is 1.00. The molecule has 0 aromatic carbocycles.